The number of rotatable bonds is 3. The smallest absolute Gasteiger partial charge is 0.231 e. The van der Waals surface area contributed by atoms with Gasteiger partial charge in [-0.3, -0.25) is 4.98 Å². The van der Waals surface area contributed by atoms with Crippen LogP contribution in [-0.4, -0.2) is 21.7 Å². The summed E-state index contributed by atoms with van der Waals surface area (Å²) in [4.78, 5) is 12.6. The number of ether oxygens (including phenoxy) is 2. The summed E-state index contributed by atoms with van der Waals surface area (Å²) in [5.74, 6) is 3.43. The molecule has 0 bridgehead atoms. The van der Waals surface area contributed by atoms with Gasteiger partial charge in [0.05, 0.1) is 16.6 Å². The molecule has 5 nitrogen and oxygen atoms in total. The number of aromatic amines is 1. The summed E-state index contributed by atoms with van der Waals surface area (Å²) in [6.07, 6.45) is 7.29. The van der Waals surface area contributed by atoms with Crippen LogP contribution in [0.1, 0.15) is 43.0 Å². The van der Waals surface area contributed by atoms with Crippen molar-refractivity contribution in [3.63, 3.8) is 0 Å². The van der Waals surface area contributed by atoms with E-state index >= 15 is 0 Å². The number of hydrogen-bond donors (Lipinski definition) is 1. The van der Waals surface area contributed by atoms with Crippen molar-refractivity contribution in [3.8, 4) is 11.5 Å². The van der Waals surface area contributed by atoms with Gasteiger partial charge in [-0.25, -0.2) is 9.37 Å². The Morgan fingerprint density at radius 1 is 0.967 bits per heavy atom. The molecule has 6 heteroatoms. The standard InChI is InChI=1S/C24H22FN3O2/c25-16-5-6-19-18(10-16)17(7-8-26-19)15-3-1-14(2-4-15)9-24-27-20-11-22-23(30-13-29-22)12-21(20)28-24/h5-8,10-12,14-15H,1-4,9,13H2,(H,27,28). The maximum atomic E-state index is 13.8. The van der Waals surface area contributed by atoms with E-state index in [-0.39, 0.29) is 12.6 Å². The van der Waals surface area contributed by atoms with Crippen LogP contribution in [0.4, 0.5) is 4.39 Å². The van der Waals surface area contributed by atoms with Crippen molar-refractivity contribution in [2.24, 2.45) is 5.92 Å². The number of fused-ring (bicyclic) bond motifs is 3. The maximum absolute atomic E-state index is 13.8. The molecule has 2 aromatic carbocycles. The Morgan fingerprint density at radius 2 is 1.80 bits per heavy atom. The number of pyridine rings is 1. The second-order valence-electron chi connectivity index (χ2n) is 8.39. The topological polar surface area (TPSA) is 60.0 Å². The van der Waals surface area contributed by atoms with E-state index in [0.29, 0.717) is 11.8 Å². The SMILES string of the molecule is Fc1ccc2nccc(C3CCC(Cc4nc5cc6c(cc5[nH]4)OCO6)CC3)c2c1. The molecular weight excluding hydrogens is 381 g/mol. The van der Waals surface area contributed by atoms with Gasteiger partial charge in [-0.1, -0.05) is 0 Å². The zero-order valence-corrected chi connectivity index (χ0v) is 16.5. The van der Waals surface area contributed by atoms with Crippen LogP contribution in [0.2, 0.25) is 0 Å². The van der Waals surface area contributed by atoms with E-state index in [2.05, 4.69) is 16.0 Å². The van der Waals surface area contributed by atoms with Gasteiger partial charge in [0, 0.05) is 30.1 Å². The maximum Gasteiger partial charge on any atom is 0.231 e. The molecule has 2 aromatic heterocycles. The highest BCUT2D eigenvalue weighted by molar-refractivity contribution is 5.82. The Labute approximate surface area is 173 Å². The first-order valence-corrected chi connectivity index (χ1v) is 10.6. The van der Waals surface area contributed by atoms with E-state index in [1.807, 2.05) is 18.3 Å². The molecule has 1 N–H and O–H groups in total. The normalized spacial score (nSPS) is 20.8. The van der Waals surface area contributed by atoms with Crippen LogP contribution >= 0.6 is 0 Å². The highest BCUT2D eigenvalue weighted by Gasteiger charge is 2.25. The van der Waals surface area contributed by atoms with Crippen LogP contribution in [0.5, 0.6) is 11.5 Å². The zero-order valence-electron chi connectivity index (χ0n) is 16.5. The van der Waals surface area contributed by atoms with Crippen molar-refractivity contribution in [2.75, 3.05) is 6.79 Å². The van der Waals surface area contributed by atoms with Crippen LogP contribution in [0.25, 0.3) is 21.9 Å². The fourth-order valence-electron chi connectivity index (χ4n) is 5.00. The van der Waals surface area contributed by atoms with Crippen LogP contribution in [-0.2, 0) is 6.42 Å². The van der Waals surface area contributed by atoms with Gasteiger partial charge >= 0.3 is 0 Å². The molecule has 6 rings (SSSR count). The third kappa shape index (κ3) is 3.07. The fourth-order valence-corrected chi connectivity index (χ4v) is 5.00. The molecule has 2 aliphatic rings. The van der Waals surface area contributed by atoms with Crippen molar-refractivity contribution < 1.29 is 13.9 Å². The van der Waals surface area contributed by atoms with Crippen molar-refractivity contribution in [1.29, 1.82) is 0 Å². The molecule has 0 saturated heterocycles. The van der Waals surface area contributed by atoms with Gasteiger partial charge in [-0.05, 0) is 67.3 Å². The highest BCUT2D eigenvalue weighted by atomic mass is 19.1. The number of nitrogens with zero attached hydrogens (tertiary/aromatic N) is 2. The summed E-state index contributed by atoms with van der Waals surface area (Å²) in [6, 6.07) is 10.9. The Bertz CT molecular complexity index is 1200. The lowest BCUT2D eigenvalue weighted by molar-refractivity contribution is 0.174. The number of benzene rings is 2. The summed E-state index contributed by atoms with van der Waals surface area (Å²) < 4.78 is 24.7. The number of halogens is 1. The van der Waals surface area contributed by atoms with Crippen LogP contribution in [0.3, 0.4) is 0 Å². The number of nitrogens with one attached hydrogen (secondary N) is 1. The van der Waals surface area contributed by atoms with Gasteiger partial charge in [0.15, 0.2) is 11.5 Å². The Morgan fingerprint density at radius 3 is 2.67 bits per heavy atom. The molecule has 3 heterocycles. The minimum atomic E-state index is -0.197. The zero-order chi connectivity index (χ0) is 20.1. The van der Waals surface area contributed by atoms with Gasteiger partial charge in [0.2, 0.25) is 6.79 Å². The molecule has 0 spiro atoms. The molecule has 30 heavy (non-hydrogen) atoms. The van der Waals surface area contributed by atoms with E-state index in [1.54, 1.807) is 12.1 Å². The number of H-pyrrole nitrogens is 1. The largest absolute Gasteiger partial charge is 0.454 e. The monoisotopic (exact) mass is 403 g/mol. The van der Waals surface area contributed by atoms with Crippen molar-refractivity contribution in [1.82, 2.24) is 15.0 Å². The predicted octanol–water partition coefficient (Wildman–Crippen LogP) is 5.50. The number of aromatic nitrogens is 3. The lowest BCUT2D eigenvalue weighted by atomic mass is 9.77. The van der Waals surface area contributed by atoms with Crippen LogP contribution in [0.15, 0.2) is 42.6 Å². The Hall–Kier alpha value is -3.15. The minimum absolute atomic E-state index is 0.197. The molecule has 0 radical (unpaired) electrons. The first kappa shape index (κ1) is 17.7. The second kappa shape index (κ2) is 6.97. The molecule has 0 unspecified atom stereocenters. The van der Waals surface area contributed by atoms with E-state index in [0.717, 1.165) is 71.4 Å². The molecule has 1 fully saturated rings. The molecule has 0 atom stereocenters. The lowest BCUT2D eigenvalue weighted by Crippen LogP contribution is -2.16. The number of imidazole rings is 1. The third-order valence-electron chi connectivity index (χ3n) is 6.53. The van der Waals surface area contributed by atoms with Gasteiger partial charge in [-0.2, -0.15) is 0 Å². The van der Waals surface area contributed by atoms with Gasteiger partial charge in [-0.15, -0.1) is 0 Å². The quantitative estimate of drug-likeness (QED) is 0.491. The van der Waals surface area contributed by atoms with Crippen molar-refractivity contribution in [2.45, 2.75) is 38.0 Å². The fraction of sp³-hybridized carbons (Fsp3) is 0.333. The molecular formula is C24H22FN3O2. The molecule has 4 aromatic rings. The van der Waals surface area contributed by atoms with Gasteiger partial charge in [0.1, 0.15) is 11.6 Å². The first-order chi connectivity index (χ1) is 14.7. The first-order valence-electron chi connectivity index (χ1n) is 10.6. The average molecular weight is 403 g/mol. The summed E-state index contributed by atoms with van der Waals surface area (Å²) in [6.45, 7) is 0.275. The van der Waals surface area contributed by atoms with E-state index in [1.165, 1.54) is 11.6 Å². The van der Waals surface area contributed by atoms with Gasteiger partial charge in [0.25, 0.3) is 0 Å². The van der Waals surface area contributed by atoms with Crippen molar-refractivity contribution >= 4 is 21.9 Å². The van der Waals surface area contributed by atoms with Crippen molar-refractivity contribution in [3.05, 3.63) is 59.8 Å². The van der Waals surface area contributed by atoms with Crippen LogP contribution in [0, 0.1) is 11.7 Å². The molecule has 1 aliphatic carbocycles. The number of hydrogen-bond acceptors (Lipinski definition) is 4. The Kier molecular flexibility index (Phi) is 4.11. The van der Waals surface area contributed by atoms with E-state index in [9.17, 15) is 4.39 Å². The second-order valence-corrected chi connectivity index (χ2v) is 8.39. The van der Waals surface area contributed by atoms with Gasteiger partial charge < -0.3 is 14.5 Å². The molecule has 1 aliphatic heterocycles. The summed E-state index contributed by atoms with van der Waals surface area (Å²) >= 11 is 0. The summed E-state index contributed by atoms with van der Waals surface area (Å²) in [5, 5.41) is 0.954. The average Bonchev–Trinajstić information content (AvgIpc) is 3.37. The van der Waals surface area contributed by atoms with Crippen LogP contribution < -0.4 is 9.47 Å². The highest BCUT2D eigenvalue weighted by Crippen LogP contribution is 2.40. The third-order valence-corrected chi connectivity index (χ3v) is 6.53. The summed E-state index contributed by atoms with van der Waals surface area (Å²) in [5.41, 5.74) is 4.02. The minimum Gasteiger partial charge on any atom is -0.454 e. The Balaban J connectivity index is 1.17. The summed E-state index contributed by atoms with van der Waals surface area (Å²) in [7, 11) is 0. The lowest BCUT2D eigenvalue weighted by Gasteiger charge is -2.29. The molecule has 0 amide bonds. The van der Waals surface area contributed by atoms with E-state index < -0.39 is 0 Å². The van der Waals surface area contributed by atoms with E-state index in [4.69, 9.17) is 14.5 Å². The predicted molar refractivity (Wildman–Crippen MR) is 112 cm³/mol. The molecule has 1 saturated carbocycles. The molecule has 152 valence electrons.